The van der Waals surface area contributed by atoms with E-state index in [1.54, 1.807) is 0 Å². The first-order valence-corrected chi connectivity index (χ1v) is 44.3. The van der Waals surface area contributed by atoms with Crippen LogP contribution in [0.1, 0.15) is 426 Å². The molecule has 0 heterocycles. The molecule has 98 heavy (non-hydrogen) atoms. The Morgan fingerprint density at radius 3 is 0.602 bits per heavy atom. The van der Waals surface area contributed by atoms with E-state index in [1.807, 2.05) is 0 Å². The second kappa shape index (κ2) is 73.4. The third-order valence-corrected chi connectivity index (χ3v) is 20.5. The summed E-state index contributed by atoms with van der Waals surface area (Å²) in [5.41, 5.74) is 0. The van der Waals surface area contributed by atoms with E-state index in [9.17, 15) is 43.2 Å². The lowest BCUT2D eigenvalue weighted by atomic mass is 10.0. The van der Waals surface area contributed by atoms with Gasteiger partial charge in [0.05, 0.1) is 26.4 Å². The Balaban J connectivity index is 5.19. The average Bonchev–Trinajstić information content (AvgIpc) is 0.972. The van der Waals surface area contributed by atoms with E-state index in [0.717, 1.165) is 89.9 Å². The maximum Gasteiger partial charge on any atom is 0.472 e. The zero-order valence-corrected chi connectivity index (χ0v) is 65.6. The largest absolute Gasteiger partial charge is 0.472 e. The van der Waals surface area contributed by atoms with Gasteiger partial charge in [0.2, 0.25) is 0 Å². The Hall–Kier alpha value is -1.94. The molecule has 0 aliphatic heterocycles. The van der Waals surface area contributed by atoms with Crippen molar-refractivity contribution >= 4 is 39.5 Å². The van der Waals surface area contributed by atoms with E-state index in [2.05, 4.69) is 27.7 Å². The predicted molar refractivity (Wildman–Crippen MR) is 400 cm³/mol. The molecule has 0 radical (unpaired) electrons. The van der Waals surface area contributed by atoms with Gasteiger partial charge in [-0.1, -0.05) is 374 Å². The van der Waals surface area contributed by atoms with Gasteiger partial charge in [-0.15, -0.1) is 0 Å². The minimum absolute atomic E-state index is 0.109. The van der Waals surface area contributed by atoms with Crippen LogP contribution in [0.2, 0.25) is 0 Å². The van der Waals surface area contributed by atoms with Crippen LogP contribution in [0.5, 0.6) is 0 Å². The summed E-state index contributed by atoms with van der Waals surface area (Å²) in [6.07, 6.45) is 65.2. The van der Waals surface area contributed by atoms with E-state index >= 15 is 0 Å². The van der Waals surface area contributed by atoms with Gasteiger partial charge in [0.15, 0.2) is 12.2 Å². The molecule has 582 valence electrons. The van der Waals surface area contributed by atoms with E-state index < -0.39 is 97.5 Å². The van der Waals surface area contributed by atoms with Crippen LogP contribution < -0.4 is 0 Å². The molecule has 0 saturated heterocycles. The van der Waals surface area contributed by atoms with Crippen LogP contribution in [0, 0.1) is 0 Å². The third-order valence-electron chi connectivity index (χ3n) is 18.6. The molecule has 0 aromatic rings. The van der Waals surface area contributed by atoms with Crippen LogP contribution in [0.15, 0.2) is 0 Å². The summed E-state index contributed by atoms with van der Waals surface area (Å²) in [5, 5.41) is 10.6. The van der Waals surface area contributed by atoms with Crippen LogP contribution in [0.25, 0.3) is 0 Å². The highest BCUT2D eigenvalue weighted by atomic mass is 31.2. The van der Waals surface area contributed by atoms with Crippen molar-refractivity contribution in [1.29, 1.82) is 0 Å². The first kappa shape index (κ1) is 96.1. The monoisotopic (exact) mass is 1440 g/mol. The van der Waals surface area contributed by atoms with Crippen LogP contribution in [0.4, 0.5) is 0 Å². The summed E-state index contributed by atoms with van der Waals surface area (Å²) in [5.74, 6) is -2.11. The topological polar surface area (TPSA) is 237 Å². The molecule has 0 rings (SSSR count). The van der Waals surface area contributed by atoms with Crippen molar-refractivity contribution in [1.82, 2.24) is 0 Å². The number of unbranched alkanes of at least 4 members (excludes halogenated alkanes) is 54. The SMILES string of the molecule is CCCCCCCCCCCCCCCCCCCCCCCC(=O)O[C@H](COC(=O)CCCCCCCCCCCCCCCC)COP(=O)(O)OC[C@@H](O)COP(=O)(O)OC[C@@H](COC(=O)CCCCCCCCCCC)OC(=O)CCCCCCCCCCCCCCCC. The molecule has 17 nitrogen and oxygen atoms in total. The number of ether oxygens (including phenoxy) is 4. The molecule has 19 heteroatoms. The van der Waals surface area contributed by atoms with Gasteiger partial charge >= 0.3 is 39.5 Å². The van der Waals surface area contributed by atoms with E-state index in [4.69, 9.17) is 37.0 Å². The van der Waals surface area contributed by atoms with E-state index in [1.165, 1.54) is 257 Å². The normalized spacial score (nSPS) is 13.8. The van der Waals surface area contributed by atoms with Crippen molar-refractivity contribution < 1.29 is 80.2 Å². The standard InChI is InChI=1S/C79H154O17P2/c1-5-9-13-17-21-25-28-31-34-35-36-37-38-39-40-43-46-50-54-58-62-66-79(84)96-75(70-90-77(82)64-60-56-52-48-44-41-32-29-26-22-18-14-10-6-2)72-94-98(87,88)92-68-73(80)67-91-97(85,86)93-71-74(69-89-76(81)63-59-55-51-47-24-20-16-12-8-4)95-78(83)65-61-57-53-49-45-42-33-30-27-23-19-15-11-7-3/h73-75,80H,5-72H2,1-4H3,(H,85,86)(H,87,88)/t73-,74+,75+/m0/s1. The Bertz CT molecular complexity index is 1860. The van der Waals surface area contributed by atoms with Gasteiger partial charge in [-0.05, 0) is 25.7 Å². The molecule has 0 aliphatic rings. The van der Waals surface area contributed by atoms with Crippen LogP contribution in [-0.2, 0) is 65.4 Å². The van der Waals surface area contributed by atoms with Gasteiger partial charge in [-0.3, -0.25) is 37.3 Å². The first-order chi connectivity index (χ1) is 47.7. The maximum atomic E-state index is 13.1. The maximum absolute atomic E-state index is 13.1. The average molecular weight is 1440 g/mol. The fourth-order valence-electron chi connectivity index (χ4n) is 12.3. The summed E-state index contributed by atoms with van der Waals surface area (Å²) < 4.78 is 68.6. The lowest BCUT2D eigenvalue weighted by Gasteiger charge is -2.21. The molecule has 0 spiro atoms. The number of carbonyl (C=O) groups excluding carboxylic acids is 4. The summed E-state index contributed by atoms with van der Waals surface area (Å²) in [6, 6.07) is 0. The van der Waals surface area contributed by atoms with Crippen LogP contribution >= 0.6 is 15.6 Å². The molecule has 0 aromatic heterocycles. The van der Waals surface area contributed by atoms with Crippen molar-refractivity contribution in [2.24, 2.45) is 0 Å². The smallest absolute Gasteiger partial charge is 0.462 e. The zero-order chi connectivity index (χ0) is 71.8. The number of esters is 4. The van der Waals surface area contributed by atoms with E-state index in [-0.39, 0.29) is 25.7 Å². The highest BCUT2D eigenvalue weighted by molar-refractivity contribution is 7.47. The van der Waals surface area contributed by atoms with Crippen molar-refractivity contribution in [3.05, 3.63) is 0 Å². The number of hydrogen-bond acceptors (Lipinski definition) is 15. The summed E-state index contributed by atoms with van der Waals surface area (Å²) in [7, 11) is -9.91. The second-order valence-electron chi connectivity index (χ2n) is 28.5. The number of carbonyl (C=O) groups is 4. The number of rotatable bonds is 80. The van der Waals surface area contributed by atoms with Gasteiger partial charge in [-0.2, -0.15) is 0 Å². The Morgan fingerprint density at radius 2 is 0.408 bits per heavy atom. The fraction of sp³-hybridized carbons (Fsp3) is 0.949. The molecular formula is C79H154O17P2. The molecule has 0 amide bonds. The number of phosphoric ester groups is 2. The highest BCUT2D eigenvalue weighted by Gasteiger charge is 2.30. The van der Waals surface area contributed by atoms with Crippen molar-refractivity contribution in [3.8, 4) is 0 Å². The molecule has 5 atom stereocenters. The summed E-state index contributed by atoms with van der Waals surface area (Å²) in [4.78, 5) is 72.9. The summed E-state index contributed by atoms with van der Waals surface area (Å²) >= 11 is 0. The van der Waals surface area contributed by atoms with Gasteiger partial charge in [0, 0.05) is 25.7 Å². The van der Waals surface area contributed by atoms with Crippen molar-refractivity contribution in [2.75, 3.05) is 39.6 Å². The number of hydrogen-bond donors (Lipinski definition) is 3. The highest BCUT2D eigenvalue weighted by Crippen LogP contribution is 2.45. The molecule has 0 bridgehead atoms. The fourth-order valence-corrected chi connectivity index (χ4v) is 13.9. The van der Waals surface area contributed by atoms with Gasteiger partial charge in [0.25, 0.3) is 0 Å². The predicted octanol–water partition coefficient (Wildman–Crippen LogP) is 23.8. The quantitative estimate of drug-likeness (QED) is 0.0222. The lowest BCUT2D eigenvalue weighted by molar-refractivity contribution is -0.161. The van der Waals surface area contributed by atoms with Gasteiger partial charge < -0.3 is 33.8 Å². The number of phosphoric acid groups is 2. The van der Waals surface area contributed by atoms with Gasteiger partial charge in [-0.25, -0.2) is 9.13 Å². The molecule has 2 unspecified atom stereocenters. The minimum Gasteiger partial charge on any atom is -0.462 e. The first-order valence-electron chi connectivity index (χ1n) is 41.3. The Morgan fingerprint density at radius 1 is 0.245 bits per heavy atom. The Labute approximate surface area is 600 Å². The molecule has 0 aliphatic carbocycles. The van der Waals surface area contributed by atoms with Crippen molar-refractivity contribution in [3.63, 3.8) is 0 Å². The third kappa shape index (κ3) is 72.4. The number of aliphatic hydroxyl groups is 1. The van der Waals surface area contributed by atoms with E-state index in [0.29, 0.717) is 25.7 Å². The zero-order valence-electron chi connectivity index (χ0n) is 63.8. The Kier molecular flexibility index (Phi) is 71.9. The number of aliphatic hydroxyl groups excluding tert-OH is 1. The lowest BCUT2D eigenvalue weighted by Crippen LogP contribution is -2.30. The van der Waals surface area contributed by atoms with Crippen LogP contribution in [-0.4, -0.2) is 96.7 Å². The van der Waals surface area contributed by atoms with Crippen LogP contribution in [0.3, 0.4) is 0 Å². The second-order valence-corrected chi connectivity index (χ2v) is 31.4. The minimum atomic E-state index is -4.96. The molecule has 0 fully saturated rings. The molecular weight excluding hydrogens is 1280 g/mol. The molecule has 0 saturated carbocycles. The summed E-state index contributed by atoms with van der Waals surface area (Å²) in [6.45, 7) is 5.00. The molecule has 3 N–H and O–H groups in total. The van der Waals surface area contributed by atoms with Crippen molar-refractivity contribution in [2.45, 2.75) is 444 Å². The van der Waals surface area contributed by atoms with Gasteiger partial charge in [0.1, 0.15) is 19.3 Å². The molecule has 0 aromatic carbocycles.